The third kappa shape index (κ3) is 5.27. The minimum Gasteiger partial charge on any atom is -0.308 e. The fourth-order valence-corrected chi connectivity index (χ4v) is 4.85. The largest absolute Gasteiger partial charge is 0.308 e. The first kappa shape index (κ1) is 21.8. The number of nitrogens with zero attached hydrogens (tertiary/aromatic N) is 4. The van der Waals surface area contributed by atoms with Crippen LogP contribution in [0.2, 0.25) is 10.0 Å². The van der Waals surface area contributed by atoms with Gasteiger partial charge in [-0.15, -0.1) is 21.5 Å². The summed E-state index contributed by atoms with van der Waals surface area (Å²) in [5.74, 6) is 0.835. The van der Waals surface area contributed by atoms with E-state index in [-0.39, 0.29) is 16.7 Å². The van der Waals surface area contributed by atoms with Gasteiger partial charge in [0.15, 0.2) is 11.0 Å². The number of halogens is 2. The third-order valence-corrected chi connectivity index (χ3v) is 6.74. The van der Waals surface area contributed by atoms with Gasteiger partial charge in [0, 0.05) is 23.2 Å². The molecule has 10 heteroatoms. The maximum Gasteiger partial charge on any atom is 0.238 e. The van der Waals surface area contributed by atoms with Crippen LogP contribution >= 0.6 is 46.3 Å². The first-order chi connectivity index (χ1) is 15.0. The van der Waals surface area contributed by atoms with E-state index < -0.39 is 5.25 Å². The number of thiophene rings is 1. The smallest absolute Gasteiger partial charge is 0.238 e. The number of amides is 1. The van der Waals surface area contributed by atoms with Gasteiger partial charge in [-0.1, -0.05) is 59.2 Å². The van der Waals surface area contributed by atoms with Gasteiger partial charge in [0.1, 0.15) is 5.82 Å². The summed E-state index contributed by atoms with van der Waals surface area (Å²) < 4.78 is 1.99. The Balaban J connectivity index is 1.57. The minimum atomic E-state index is -0.463. The van der Waals surface area contributed by atoms with Crippen molar-refractivity contribution in [3.05, 3.63) is 80.9 Å². The molecule has 6 nitrogen and oxygen atoms in total. The zero-order valence-electron chi connectivity index (χ0n) is 16.3. The number of carbonyl (C=O) groups excluding carboxylic acids is 1. The van der Waals surface area contributed by atoms with Gasteiger partial charge < -0.3 is 5.32 Å². The van der Waals surface area contributed by atoms with Crippen LogP contribution in [0.25, 0.3) is 5.69 Å². The fourth-order valence-electron chi connectivity index (χ4n) is 2.83. The van der Waals surface area contributed by atoms with E-state index >= 15 is 0 Å². The van der Waals surface area contributed by atoms with Gasteiger partial charge in [-0.25, -0.2) is 4.98 Å². The molecule has 1 amide bonds. The molecule has 1 atom stereocenters. The first-order valence-electron chi connectivity index (χ1n) is 9.32. The van der Waals surface area contributed by atoms with E-state index in [0.717, 1.165) is 11.5 Å². The number of para-hydroxylation sites is 1. The van der Waals surface area contributed by atoms with Gasteiger partial charge in [0.2, 0.25) is 5.91 Å². The fraction of sp³-hybridized carbons (Fsp3) is 0.143. The van der Waals surface area contributed by atoms with Crippen LogP contribution in [0, 0.1) is 0 Å². The molecule has 0 saturated heterocycles. The Kier molecular flexibility index (Phi) is 6.92. The van der Waals surface area contributed by atoms with Crippen LogP contribution in [0.4, 0.5) is 5.82 Å². The van der Waals surface area contributed by atoms with Crippen molar-refractivity contribution in [2.75, 3.05) is 5.32 Å². The molecule has 0 bridgehead atoms. The van der Waals surface area contributed by atoms with E-state index in [9.17, 15) is 4.79 Å². The Morgan fingerprint density at radius 1 is 1.19 bits per heavy atom. The molecule has 158 valence electrons. The molecule has 31 heavy (non-hydrogen) atoms. The van der Waals surface area contributed by atoms with E-state index in [1.165, 1.54) is 28.9 Å². The maximum absolute atomic E-state index is 12.7. The van der Waals surface area contributed by atoms with Crippen molar-refractivity contribution in [3.8, 4) is 5.69 Å². The van der Waals surface area contributed by atoms with Gasteiger partial charge in [0.25, 0.3) is 0 Å². The van der Waals surface area contributed by atoms with Gasteiger partial charge in [-0.05, 0) is 36.6 Å². The number of hydrogen-bond donors (Lipinski definition) is 1. The molecule has 1 N–H and O–H groups in total. The number of aromatic nitrogens is 4. The van der Waals surface area contributed by atoms with Crippen molar-refractivity contribution >= 4 is 58.0 Å². The van der Waals surface area contributed by atoms with Crippen molar-refractivity contribution in [2.45, 2.75) is 23.8 Å². The molecule has 3 heterocycles. The highest BCUT2D eigenvalue weighted by Gasteiger charge is 2.22. The van der Waals surface area contributed by atoms with Gasteiger partial charge in [-0.3, -0.25) is 9.36 Å². The zero-order valence-corrected chi connectivity index (χ0v) is 19.5. The summed E-state index contributed by atoms with van der Waals surface area (Å²) >= 11 is 15.0. The monoisotopic (exact) mass is 489 g/mol. The lowest BCUT2D eigenvalue weighted by Crippen LogP contribution is -2.23. The van der Waals surface area contributed by atoms with Crippen molar-refractivity contribution in [3.63, 3.8) is 0 Å². The second kappa shape index (κ2) is 9.82. The number of nitrogens with one attached hydrogen (secondary N) is 1. The summed E-state index contributed by atoms with van der Waals surface area (Å²) in [4.78, 5) is 18.0. The number of anilines is 1. The topological polar surface area (TPSA) is 72.7 Å². The number of hydrogen-bond acceptors (Lipinski definition) is 6. The van der Waals surface area contributed by atoms with Crippen LogP contribution in [0.1, 0.15) is 17.6 Å². The molecule has 0 radical (unpaired) electrons. The summed E-state index contributed by atoms with van der Waals surface area (Å²) in [7, 11) is 0. The predicted molar refractivity (Wildman–Crippen MR) is 127 cm³/mol. The van der Waals surface area contributed by atoms with Crippen LogP contribution in [0.5, 0.6) is 0 Å². The van der Waals surface area contributed by atoms with E-state index in [1.54, 1.807) is 18.3 Å². The predicted octanol–water partition coefficient (Wildman–Crippen LogP) is 5.74. The highest BCUT2D eigenvalue weighted by atomic mass is 35.5. The molecule has 4 aromatic rings. The lowest BCUT2D eigenvalue weighted by atomic mass is 10.3. The molecule has 0 aliphatic rings. The van der Waals surface area contributed by atoms with Crippen molar-refractivity contribution in [1.29, 1.82) is 0 Å². The Morgan fingerprint density at radius 3 is 2.71 bits per heavy atom. The highest BCUT2D eigenvalue weighted by Crippen LogP contribution is 2.29. The molecule has 0 fully saturated rings. The van der Waals surface area contributed by atoms with E-state index in [1.807, 2.05) is 46.3 Å². The van der Waals surface area contributed by atoms with Crippen LogP contribution < -0.4 is 5.32 Å². The molecule has 1 aromatic carbocycles. The van der Waals surface area contributed by atoms with Crippen LogP contribution in [0.3, 0.4) is 0 Å². The molecule has 1 unspecified atom stereocenters. The summed E-state index contributed by atoms with van der Waals surface area (Å²) in [6, 6.07) is 15.5. The Bertz CT molecular complexity index is 1180. The van der Waals surface area contributed by atoms with E-state index in [2.05, 4.69) is 26.6 Å². The van der Waals surface area contributed by atoms with Crippen molar-refractivity contribution in [2.24, 2.45) is 0 Å². The lowest BCUT2D eigenvalue weighted by Gasteiger charge is -2.14. The zero-order chi connectivity index (χ0) is 21.8. The van der Waals surface area contributed by atoms with Crippen LogP contribution in [0.15, 0.2) is 65.3 Å². The molecule has 3 aromatic heterocycles. The summed E-state index contributed by atoms with van der Waals surface area (Å²) in [6.45, 7) is 1.80. The third-order valence-electron chi connectivity index (χ3n) is 4.33. The second-order valence-corrected chi connectivity index (χ2v) is 9.74. The highest BCUT2D eigenvalue weighted by molar-refractivity contribution is 8.00. The molecule has 0 saturated carbocycles. The van der Waals surface area contributed by atoms with Gasteiger partial charge in [0.05, 0.1) is 15.3 Å². The van der Waals surface area contributed by atoms with Gasteiger partial charge >= 0.3 is 0 Å². The van der Waals surface area contributed by atoms with Crippen LogP contribution in [-0.2, 0) is 11.2 Å². The van der Waals surface area contributed by atoms with E-state index in [4.69, 9.17) is 23.2 Å². The number of benzene rings is 1. The number of thioether (sulfide) groups is 1. The quantitative estimate of drug-likeness (QED) is 0.335. The maximum atomic E-state index is 12.7. The second-order valence-electron chi connectivity index (χ2n) is 6.56. The van der Waals surface area contributed by atoms with E-state index in [0.29, 0.717) is 16.6 Å². The normalized spacial score (nSPS) is 12.0. The number of carbonyl (C=O) groups is 1. The number of pyridine rings is 1. The average molecular weight is 490 g/mol. The molecule has 4 rings (SSSR count). The molecular formula is C21H17Cl2N5OS2. The van der Waals surface area contributed by atoms with Crippen LogP contribution in [-0.4, -0.2) is 30.9 Å². The Labute approximate surface area is 197 Å². The van der Waals surface area contributed by atoms with Crippen molar-refractivity contribution < 1.29 is 4.79 Å². The minimum absolute atomic E-state index is 0.246. The average Bonchev–Trinajstić information content (AvgIpc) is 3.41. The standard InChI is InChI=1S/C21H17Cl2N5OS2/c1-13(20(29)25-19-17(23)10-14(22)12-24-19)31-21-27-26-18(11-16-8-5-9-30-16)28(21)15-6-3-2-4-7-15/h2-10,12-13H,11H2,1H3,(H,24,25,29). The Hall–Kier alpha value is -2.39. The summed E-state index contributed by atoms with van der Waals surface area (Å²) in [5, 5.41) is 14.4. The molecular weight excluding hydrogens is 473 g/mol. The van der Waals surface area contributed by atoms with Gasteiger partial charge in [-0.2, -0.15) is 0 Å². The summed E-state index contributed by atoms with van der Waals surface area (Å²) in [5.41, 5.74) is 0.941. The Morgan fingerprint density at radius 2 is 2.00 bits per heavy atom. The lowest BCUT2D eigenvalue weighted by molar-refractivity contribution is -0.115. The molecule has 0 aliphatic heterocycles. The van der Waals surface area contributed by atoms with Crippen molar-refractivity contribution in [1.82, 2.24) is 19.7 Å². The first-order valence-corrected chi connectivity index (χ1v) is 11.8. The SMILES string of the molecule is CC(Sc1nnc(Cc2cccs2)n1-c1ccccc1)C(=O)Nc1ncc(Cl)cc1Cl. The number of rotatable bonds is 7. The summed E-state index contributed by atoms with van der Waals surface area (Å²) in [6.07, 6.45) is 2.09. The molecule has 0 spiro atoms. The molecule has 0 aliphatic carbocycles.